The molecule has 0 amide bonds. The molecule has 0 spiro atoms. The molecule has 0 bridgehead atoms. The van der Waals surface area contributed by atoms with Crippen LogP contribution in [-0.2, 0) is 19.1 Å². The van der Waals surface area contributed by atoms with E-state index in [0.717, 1.165) is 11.1 Å². The summed E-state index contributed by atoms with van der Waals surface area (Å²) in [5.41, 5.74) is 1.53. The zero-order chi connectivity index (χ0) is 16.4. The summed E-state index contributed by atoms with van der Waals surface area (Å²) in [5.74, 6) is -0.0823. The Bertz CT molecular complexity index is 595. The molecule has 0 aliphatic carbocycles. The molecule has 1 aromatic rings. The molecule has 6 heteroatoms. The molecule has 0 N–H and O–H groups in total. The van der Waals surface area contributed by atoms with E-state index < -0.39 is 12.1 Å². The van der Waals surface area contributed by atoms with Crippen LogP contribution < -0.4 is 9.47 Å². The highest BCUT2D eigenvalue weighted by Crippen LogP contribution is 2.46. The predicted octanol–water partition coefficient (Wildman–Crippen LogP) is 2.70. The Balaban J connectivity index is 2.55. The van der Waals surface area contributed by atoms with Crippen LogP contribution in [0, 0.1) is 0 Å². The van der Waals surface area contributed by atoms with E-state index in [1.807, 2.05) is 13.8 Å². The number of hydrogen-bond donors (Lipinski definition) is 0. The van der Waals surface area contributed by atoms with E-state index in [9.17, 15) is 9.59 Å². The smallest absolute Gasteiger partial charge is 0.308 e. The third kappa shape index (κ3) is 3.06. The number of ether oxygens (including phenoxy) is 4. The number of rotatable bonds is 3. The van der Waals surface area contributed by atoms with Crippen molar-refractivity contribution in [3.8, 4) is 11.5 Å². The fourth-order valence-corrected chi connectivity index (χ4v) is 2.76. The summed E-state index contributed by atoms with van der Waals surface area (Å²) in [6, 6.07) is 3.42. The summed E-state index contributed by atoms with van der Waals surface area (Å²) >= 11 is 0. The Morgan fingerprint density at radius 3 is 2.36 bits per heavy atom. The maximum absolute atomic E-state index is 11.3. The minimum atomic E-state index is -0.524. The SMILES string of the molecule is COc1c(OC(C)=O)ccc2c1[C@H](C)O[C@@H](C)[C@@H]2OC(C)=O. The van der Waals surface area contributed by atoms with E-state index in [-0.39, 0.29) is 18.2 Å². The lowest BCUT2D eigenvalue weighted by atomic mass is 9.91. The van der Waals surface area contributed by atoms with Gasteiger partial charge in [0, 0.05) is 25.0 Å². The highest BCUT2D eigenvalue weighted by molar-refractivity contribution is 5.71. The first-order valence-corrected chi connectivity index (χ1v) is 7.07. The topological polar surface area (TPSA) is 71.1 Å². The molecule has 0 fully saturated rings. The lowest BCUT2D eigenvalue weighted by molar-refractivity contribution is -0.161. The summed E-state index contributed by atoms with van der Waals surface area (Å²) in [6.07, 6.45) is -1.08. The zero-order valence-electron chi connectivity index (χ0n) is 13.3. The second-order valence-corrected chi connectivity index (χ2v) is 5.21. The zero-order valence-corrected chi connectivity index (χ0v) is 13.3. The monoisotopic (exact) mass is 308 g/mol. The Hall–Kier alpha value is -2.08. The Kier molecular flexibility index (Phi) is 4.71. The normalized spacial score (nSPS) is 23.4. The van der Waals surface area contributed by atoms with Crippen molar-refractivity contribution >= 4 is 11.9 Å². The van der Waals surface area contributed by atoms with Gasteiger partial charge in [-0.1, -0.05) is 6.07 Å². The maximum Gasteiger partial charge on any atom is 0.308 e. The first kappa shape index (κ1) is 16.3. The minimum absolute atomic E-state index is 0.276. The first-order chi connectivity index (χ1) is 10.3. The predicted molar refractivity (Wildman–Crippen MR) is 77.8 cm³/mol. The van der Waals surface area contributed by atoms with Gasteiger partial charge in [-0.05, 0) is 19.9 Å². The highest BCUT2D eigenvalue weighted by Gasteiger charge is 2.36. The van der Waals surface area contributed by atoms with Crippen molar-refractivity contribution in [1.29, 1.82) is 0 Å². The molecule has 0 saturated carbocycles. The summed E-state index contributed by atoms with van der Waals surface area (Å²) in [6.45, 7) is 6.40. The van der Waals surface area contributed by atoms with Gasteiger partial charge in [0.15, 0.2) is 17.6 Å². The molecule has 22 heavy (non-hydrogen) atoms. The first-order valence-electron chi connectivity index (χ1n) is 7.07. The van der Waals surface area contributed by atoms with Gasteiger partial charge in [0.25, 0.3) is 0 Å². The Morgan fingerprint density at radius 2 is 1.82 bits per heavy atom. The van der Waals surface area contributed by atoms with Crippen molar-refractivity contribution in [1.82, 2.24) is 0 Å². The molecule has 2 rings (SSSR count). The van der Waals surface area contributed by atoms with Crippen molar-refractivity contribution in [2.24, 2.45) is 0 Å². The molecule has 0 radical (unpaired) electrons. The Morgan fingerprint density at radius 1 is 1.14 bits per heavy atom. The van der Waals surface area contributed by atoms with Crippen LogP contribution in [0.4, 0.5) is 0 Å². The van der Waals surface area contributed by atoms with E-state index in [1.54, 1.807) is 12.1 Å². The minimum Gasteiger partial charge on any atom is -0.492 e. The Labute approximate surface area is 129 Å². The molecule has 0 aromatic heterocycles. The molecular weight excluding hydrogens is 288 g/mol. The molecule has 1 aliphatic heterocycles. The molecule has 6 nitrogen and oxygen atoms in total. The molecule has 0 saturated heterocycles. The molecule has 1 aliphatic rings. The van der Waals surface area contributed by atoms with Crippen LogP contribution in [-0.4, -0.2) is 25.2 Å². The van der Waals surface area contributed by atoms with Gasteiger partial charge in [-0.2, -0.15) is 0 Å². The van der Waals surface area contributed by atoms with Crippen LogP contribution in [0.1, 0.15) is 51.0 Å². The summed E-state index contributed by atoms with van der Waals surface area (Å²) in [7, 11) is 1.49. The number of esters is 2. The van der Waals surface area contributed by atoms with Gasteiger partial charge in [-0.15, -0.1) is 0 Å². The van der Waals surface area contributed by atoms with Crippen molar-refractivity contribution < 1.29 is 28.5 Å². The fourth-order valence-electron chi connectivity index (χ4n) is 2.76. The number of methoxy groups -OCH3 is 1. The summed E-state index contributed by atoms with van der Waals surface area (Å²) < 4.78 is 21.8. The van der Waals surface area contributed by atoms with E-state index in [1.165, 1.54) is 21.0 Å². The van der Waals surface area contributed by atoms with Gasteiger partial charge in [-0.25, -0.2) is 0 Å². The molecule has 3 atom stereocenters. The van der Waals surface area contributed by atoms with Gasteiger partial charge >= 0.3 is 11.9 Å². The van der Waals surface area contributed by atoms with Gasteiger partial charge < -0.3 is 18.9 Å². The summed E-state index contributed by atoms with van der Waals surface area (Å²) in [4.78, 5) is 22.6. The molecule has 0 unspecified atom stereocenters. The van der Waals surface area contributed by atoms with Crippen LogP contribution in [0.15, 0.2) is 12.1 Å². The quantitative estimate of drug-likeness (QED) is 0.631. The number of hydrogen-bond acceptors (Lipinski definition) is 6. The third-order valence-electron chi connectivity index (χ3n) is 3.50. The molecule has 120 valence electrons. The van der Waals surface area contributed by atoms with Gasteiger partial charge in [-0.3, -0.25) is 9.59 Å². The fraction of sp³-hybridized carbons (Fsp3) is 0.500. The maximum atomic E-state index is 11.3. The lowest BCUT2D eigenvalue weighted by Gasteiger charge is -2.35. The lowest BCUT2D eigenvalue weighted by Crippen LogP contribution is -2.31. The van der Waals surface area contributed by atoms with E-state index >= 15 is 0 Å². The standard InChI is InChI=1S/C16H20O6/c1-8-14-12(15(9(2)20-8)22-11(4)18)6-7-13(16(14)19-5)21-10(3)17/h6-9,15H,1-5H3/t8-,9-,15-/m0/s1. The van der Waals surface area contributed by atoms with Crippen molar-refractivity contribution in [3.05, 3.63) is 23.3 Å². The summed E-state index contributed by atoms with van der Waals surface area (Å²) in [5, 5.41) is 0. The van der Waals surface area contributed by atoms with E-state index in [4.69, 9.17) is 18.9 Å². The van der Waals surface area contributed by atoms with Crippen molar-refractivity contribution in [3.63, 3.8) is 0 Å². The van der Waals surface area contributed by atoms with Gasteiger partial charge in [0.2, 0.25) is 0 Å². The van der Waals surface area contributed by atoms with Gasteiger partial charge in [0.1, 0.15) is 0 Å². The van der Waals surface area contributed by atoms with Gasteiger partial charge in [0.05, 0.1) is 19.3 Å². The molecule has 1 aromatic carbocycles. The largest absolute Gasteiger partial charge is 0.492 e. The number of benzene rings is 1. The highest BCUT2D eigenvalue weighted by atomic mass is 16.6. The second kappa shape index (κ2) is 6.36. The van der Waals surface area contributed by atoms with Crippen LogP contribution in [0.5, 0.6) is 11.5 Å². The van der Waals surface area contributed by atoms with E-state index in [2.05, 4.69) is 0 Å². The molecule has 1 heterocycles. The average Bonchev–Trinajstić information content (AvgIpc) is 2.42. The van der Waals surface area contributed by atoms with Crippen molar-refractivity contribution in [2.75, 3.05) is 7.11 Å². The number of carbonyl (C=O) groups excluding carboxylic acids is 2. The third-order valence-corrected chi connectivity index (χ3v) is 3.50. The van der Waals surface area contributed by atoms with Crippen molar-refractivity contribution in [2.45, 2.75) is 46.0 Å². The average molecular weight is 308 g/mol. The van der Waals surface area contributed by atoms with Crippen LogP contribution in [0.3, 0.4) is 0 Å². The van der Waals surface area contributed by atoms with E-state index in [0.29, 0.717) is 11.5 Å². The van der Waals surface area contributed by atoms with Crippen LogP contribution in [0.2, 0.25) is 0 Å². The number of fused-ring (bicyclic) bond motifs is 1. The number of carbonyl (C=O) groups is 2. The van der Waals surface area contributed by atoms with Crippen LogP contribution >= 0.6 is 0 Å². The molecular formula is C16H20O6. The van der Waals surface area contributed by atoms with Crippen LogP contribution in [0.25, 0.3) is 0 Å². The second-order valence-electron chi connectivity index (χ2n) is 5.21.